The van der Waals surface area contributed by atoms with Gasteiger partial charge in [-0.1, -0.05) is 11.6 Å². The van der Waals surface area contributed by atoms with Crippen LogP contribution in [0.25, 0.3) is 0 Å². The van der Waals surface area contributed by atoms with Crippen LogP contribution < -0.4 is 10.5 Å². The molecular formula is C9H10ClN3O3. The van der Waals surface area contributed by atoms with Crippen molar-refractivity contribution in [2.45, 2.75) is 6.42 Å². The molecule has 1 aromatic rings. The molecule has 0 saturated carbocycles. The fourth-order valence-electron chi connectivity index (χ4n) is 0.987. The fourth-order valence-corrected chi connectivity index (χ4v) is 1.16. The second-order valence-electron chi connectivity index (χ2n) is 3.00. The van der Waals surface area contributed by atoms with Crippen LogP contribution in [-0.4, -0.2) is 17.4 Å². The molecule has 0 spiro atoms. The fraction of sp³-hybridized carbons (Fsp3) is 0.222. The van der Waals surface area contributed by atoms with Crippen LogP contribution in [0, 0.1) is 15.5 Å². The zero-order chi connectivity index (χ0) is 12.1. The molecule has 86 valence electrons. The number of amidine groups is 1. The number of nitro groups is 1. The van der Waals surface area contributed by atoms with E-state index in [1.54, 1.807) is 0 Å². The lowest BCUT2D eigenvalue weighted by atomic mass is 10.3. The molecule has 0 amide bonds. The minimum atomic E-state index is -0.534. The molecule has 1 aromatic carbocycles. The van der Waals surface area contributed by atoms with E-state index in [0.717, 1.165) is 0 Å². The minimum absolute atomic E-state index is 0.0125. The second kappa shape index (κ2) is 5.32. The van der Waals surface area contributed by atoms with E-state index >= 15 is 0 Å². The molecule has 6 nitrogen and oxygen atoms in total. The molecule has 0 unspecified atom stereocenters. The maximum Gasteiger partial charge on any atom is 0.273 e. The SMILES string of the molecule is N=C(N)CCOc1cc([N+](=O)[O-])ccc1Cl. The van der Waals surface area contributed by atoms with Gasteiger partial charge in [-0.25, -0.2) is 0 Å². The van der Waals surface area contributed by atoms with E-state index < -0.39 is 4.92 Å². The summed E-state index contributed by atoms with van der Waals surface area (Å²) >= 11 is 5.78. The van der Waals surface area contributed by atoms with E-state index in [0.29, 0.717) is 0 Å². The molecule has 0 bridgehead atoms. The predicted octanol–water partition coefficient (Wildman–Crippen LogP) is 1.95. The number of hydrogen-bond donors (Lipinski definition) is 2. The van der Waals surface area contributed by atoms with Gasteiger partial charge in [0, 0.05) is 12.5 Å². The average molecular weight is 244 g/mol. The smallest absolute Gasteiger partial charge is 0.273 e. The zero-order valence-corrected chi connectivity index (χ0v) is 9.03. The number of rotatable bonds is 5. The van der Waals surface area contributed by atoms with Gasteiger partial charge in [0.05, 0.1) is 28.5 Å². The Bertz CT molecular complexity index is 422. The number of nitrogens with two attached hydrogens (primary N) is 1. The number of nitro benzene ring substituents is 1. The third kappa shape index (κ3) is 3.39. The molecule has 0 fully saturated rings. The van der Waals surface area contributed by atoms with Crippen molar-refractivity contribution in [3.63, 3.8) is 0 Å². The van der Waals surface area contributed by atoms with E-state index in [9.17, 15) is 10.1 Å². The van der Waals surface area contributed by atoms with Crippen molar-refractivity contribution in [1.29, 1.82) is 5.41 Å². The van der Waals surface area contributed by atoms with E-state index in [1.807, 2.05) is 0 Å². The van der Waals surface area contributed by atoms with Crippen LogP contribution >= 0.6 is 11.6 Å². The molecule has 7 heteroatoms. The topological polar surface area (TPSA) is 102 Å². The molecule has 0 atom stereocenters. The standard InChI is InChI=1S/C9H10ClN3O3/c10-7-2-1-6(13(14)15)5-8(7)16-4-3-9(11)12/h1-2,5H,3-4H2,(H3,11,12). The van der Waals surface area contributed by atoms with Gasteiger partial charge in [-0.15, -0.1) is 0 Å². The highest BCUT2D eigenvalue weighted by Gasteiger charge is 2.10. The van der Waals surface area contributed by atoms with Crippen LogP contribution in [0.3, 0.4) is 0 Å². The normalized spacial score (nSPS) is 9.81. The summed E-state index contributed by atoms with van der Waals surface area (Å²) in [5.41, 5.74) is 5.04. The average Bonchev–Trinajstić information content (AvgIpc) is 2.20. The van der Waals surface area contributed by atoms with Gasteiger partial charge in [0.15, 0.2) is 0 Å². The highest BCUT2D eigenvalue weighted by atomic mass is 35.5. The Balaban J connectivity index is 2.74. The molecule has 0 saturated heterocycles. The molecule has 0 aliphatic carbocycles. The van der Waals surface area contributed by atoms with Crippen LogP contribution in [0.2, 0.25) is 5.02 Å². The van der Waals surface area contributed by atoms with Crippen molar-refractivity contribution in [3.8, 4) is 5.75 Å². The Labute approximate surface area is 96.6 Å². The molecule has 3 N–H and O–H groups in total. The monoisotopic (exact) mass is 243 g/mol. The maximum atomic E-state index is 10.5. The predicted molar refractivity (Wildman–Crippen MR) is 60.1 cm³/mol. The second-order valence-corrected chi connectivity index (χ2v) is 3.40. The van der Waals surface area contributed by atoms with Crippen molar-refractivity contribution in [1.82, 2.24) is 0 Å². The van der Waals surface area contributed by atoms with Gasteiger partial charge < -0.3 is 10.5 Å². The number of nitrogens with one attached hydrogen (secondary N) is 1. The quantitative estimate of drug-likeness (QED) is 0.357. The van der Waals surface area contributed by atoms with Gasteiger partial charge >= 0.3 is 0 Å². The number of non-ortho nitro benzene ring substituents is 1. The molecule has 1 rings (SSSR count). The van der Waals surface area contributed by atoms with Gasteiger partial charge in [0.2, 0.25) is 0 Å². The van der Waals surface area contributed by atoms with Crippen molar-refractivity contribution in [3.05, 3.63) is 33.3 Å². The minimum Gasteiger partial charge on any atom is -0.491 e. The summed E-state index contributed by atoms with van der Waals surface area (Å²) in [5.74, 6) is 0.207. The van der Waals surface area contributed by atoms with Crippen LogP contribution in [-0.2, 0) is 0 Å². The highest BCUT2D eigenvalue weighted by molar-refractivity contribution is 6.32. The van der Waals surface area contributed by atoms with Crippen molar-refractivity contribution in [2.24, 2.45) is 5.73 Å². The van der Waals surface area contributed by atoms with Crippen LogP contribution in [0.15, 0.2) is 18.2 Å². The first kappa shape index (κ1) is 12.3. The number of nitrogens with zero attached hydrogens (tertiary/aromatic N) is 1. The third-order valence-corrected chi connectivity index (χ3v) is 2.07. The number of ether oxygens (including phenoxy) is 1. The van der Waals surface area contributed by atoms with Crippen LogP contribution in [0.1, 0.15) is 6.42 Å². The molecule has 0 aliphatic rings. The zero-order valence-electron chi connectivity index (χ0n) is 8.27. The van der Waals surface area contributed by atoms with E-state index in [1.165, 1.54) is 18.2 Å². The van der Waals surface area contributed by atoms with Crippen molar-refractivity contribution < 1.29 is 9.66 Å². The van der Waals surface area contributed by atoms with Gasteiger partial charge in [-0.3, -0.25) is 15.5 Å². The van der Waals surface area contributed by atoms with Crippen molar-refractivity contribution in [2.75, 3.05) is 6.61 Å². The lowest BCUT2D eigenvalue weighted by Crippen LogP contribution is -2.13. The van der Waals surface area contributed by atoms with Crippen molar-refractivity contribution >= 4 is 23.1 Å². The lowest BCUT2D eigenvalue weighted by molar-refractivity contribution is -0.384. The summed E-state index contributed by atoms with van der Waals surface area (Å²) in [6, 6.07) is 3.92. The number of halogens is 1. The first-order chi connectivity index (χ1) is 7.50. The molecule has 16 heavy (non-hydrogen) atoms. The summed E-state index contributed by atoms with van der Waals surface area (Å²) < 4.78 is 5.18. The molecule has 0 heterocycles. The van der Waals surface area contributed by atoms with Gasteiger partial charge in [-0.2, -0.15) is 0 Å². The van der Waals surface area contributed by atoms with E-state index in [-0.39, 0.29) is 35.3 Å². The number of benzene rings is 1. The van der Waals surface area contributed by atoms with E-state index in [4.69, 9.17) is 27.5 Å². The summed E-state index contributed by atoms with van der Waals surface area (Å²) in [7, 11) is 0. The van der Waals surface area contributed by atoms with Gasteiger partial charge in [-0.05, 0) is 6.07 Å². The highest BCUT2D eigenvalue weighted by Crippen LogP contribution is 2.28. The number of hydrogen-bond acceptors (Lipinski definition) is 4. The molecule has 0 radical (unpaired) electrons. The van der Waals surface area contributed by atoms with Crippen LogP contribution in [0.5, 0.6) is 5.75 Å². The molecular weight excluding hydrogens is 234 g/mol. The Morgan fingerprint density at radius 1 is 1.62 bits per heavy atom. The Morgan fingerprint density at radius 3 is 2.88 bits per heavy atom. The summed E-state index contributed by atoms with van der Waals surface area (Å²) in [6.07, 6.45) is 0.249. The summed E-state index contributed by atoms with van der Waals surface area (Å²) in [5, 5.41) is 17.8. The largest absolute Gasteiger partial charge is 0.491 e. The van der Waals surface area contributed by atoms with Gasteiger partial charge in [0.1, 0.15) is 5.75 Å². The lowest BCUT2D eigenvalue weighted by Gasteiger charge is -2.06. The molecule has 0 aliphatic heterocycles. The third-order valence-electron chi connectivity index (χ3n) is 1.75. The van der Waals surface area contributed by atoms with Gasteiger partial charge in [0.25, 0.3) is 5.69 Å². The maximum absolute atomic E-state index is 10.5. The van der Waals surface area contributed by atoms with E-state index in [2.05, 4.69) is 0 Å². The Kier molecular flexibility index (Phi) is 4.07. The molecule has 0 aromatic heterocycles. The van der Waals surface area contributed by atoms with Crippen LogP contribution in [0.4, 0.5) is 5.69 Å². The Hall–Kier alpha value is -1.82. The summed E-state index contributed by atoms with van der Waals surface area (Å²) in [4.78, 5) is 9.97. The summed E-state index contributed by atoms with van der Waals surface area (Å²) in [6.45, 7) is 0.163. The Morgan fingerprint density at radius 2 is 2.31 bits per heavy atom. The first-order valence-corrected chi connectivity index (χ1v) is 4.78. The first-order valence-electron chi connectivity index (χ1n) is 4.40.